The van der Waals surface area contributed by atoms with Crippen LogP contribution in [0.25, 0.3) is 0 Å². The van der Waals surface area contributed by atoms with Gasteiger partial charge in [-0.25, -0.2) is 0 Å². The lowest BCUT2D eigenvalue weighted by Gasteiger charge is -2.23. The first kappa shape index (κ1) is 15.6. The molecule has 0 aliphatic rings. The van der Waals surface area contributed by atoms with E-state index in [1.807, 2.05) is 41.5 Å². The summed E-state index contributed by atoms with van der Waals surface area (Å²) in [7, 11) is 0. The Hall–Kier alpha value is -0.410. The maximum Gasteiger partial charge on any atom is 0.125 e. The summed E-state index contributed by atoms with van der Waals surface area (Å²) in [6, 6.07) is 0. The molecule has 1 atom stereocenters. The van der Waals surface area contributed by atoms with Crippen molar-refractivity contribution in [1.29, 1.82) is 0 Å². The largest absolute Gasteiger partial charge is 0.376 e. The predicted molar refractivity (Wildman–Crippen MR) is 65.6 cm³/mol. The van der Waals surface area contributed by atoms with E-state index in [0.29, 0.717) is 13.2 Å². The van der Waals surface area contributed by atoms with Crippen molar-refractivity contribution in [2.75, 3.05) is 13.2 Å². The standard InChI is InChI=1S/C13H26O3/c1-12(2,3)15-8-7-11(9-14)10-16-13(4,5)6/h9,11H,7-8,10H2,1-6H3. The van der Waals surface area contributed by atoms with Crippen LogP contribution in [0.3, 0.4) is 0 Å². The highest BCUT2D eigenvalue weighted by atomic mass is 16.5. The van der Waals surface area contributed by atoms with E-state index in [1.165, 1.54) is 0 Å². The molecule has 1 unspecified atom stereocenters. The lowest BCUT2D eigenvalue weighted by molar-refractivity contribution is -0.116. The van der Waals surface area contributed by atoms with Crippen molar-refractivity contribution < 1.29 is 14.3 Å². The Kier molecular flexibility index (Phi) is 6.19. The first-order valence-electron chi connectivity index (χ1n) is 5.87. The van der Waals surface area contributed by atoms with Crippen LogP contribution in [0.2, 0.25) is 0 Å². The fourth-order valence-electron chi connectivity index (χ4n) is 1.06. The first-order chi connectivity index (χ1) is 7.14. The molecule has 0 N–H and O–H groups in total. The molecule has 0 saturated heterocycles. The Morgan fingerprint density at radius 2 is 1.50 bits per heavy atom. The van der Waals surface area contributed by atoms with Gasteiger partial charge in [0, 0.05) is 12.5 Å². The van der Waals surface area contributed by atoms with Gasteiger partial charge in [-0.05, 0) is 48.0 Å². The summed E-state index contributed by atoms with van der Waals surface area (Å²) in [5.41, 5.74) is -0.329. The van der Waals surface area contributed by atoms with Crippen LogP contribution in [0.1, 0.15) is 48.0 Å². The summed E-state index contributed by atoms with van der Waals surface area (Å²) in [6.45, 7) is 13.1. The fourth-order valence-corrected chi connectivity index (χ4v) is 1.06. The minimum Gasteiger partial charge on any atom is -0.376 e. The van der Waals surface area contributed by atoms with Gasteiger partial charge in [-0.15, -0.1) is 0 Å². The van der Waals surface area contributed by atoms with Gasteiger partial charge in [0.2, 0.25) is 0 Å². The third kappa shape index (κ3) is 10.1. The lowest BCUT2D eigenvalue weighted by Crippen LogP contribution is -2.26. The van der Waals surface area contributed by atoms with Gasteiger partial charge in [-0.1, -0.05) is 0 Å². The molecule has 0 fully saturated rings. The second kappa shape index (κ2) is 6.36. The van der Waals surface area contributed by atoms with Crippen molar-refractivity contribution in [3.63, 3.8) is 0 Å². The quantitative estimate of drug-likeness (QED) is 0.658. The number of hydrogen-bond acceptors (Lipinski definition) is 3. The molecule has 0 saturated carbocycles. The zero-order chi connectivity index (χ0) is 12.8. The minimum absolute atomic E-state index is 0.0680. The molecule has 0 aromatic rings. The van der Waals surface area contributed by atoms with Crippen LogP contribution in [0.15, 0.2) is 0 Å². The highest BCUT2D eigenvalue weighted by Crippen LogP contribution is 2.13. The number of carbonyl (C=O) groups is 1. The molecule has 3 nitrogen and oxygen atoms in total. The van der Waals surface area contributed by atoms with Crippen molar-refractivity contribution >= 4 is 6.29 Å². The molecule has 0 aromatic carbocycles. The van der Waals surface area contributed by atoms with Crippen molar-refractivity contribution in [3.05, 3.63) is 0 Å². The van der Waals surface area contributed by atoms with E-state index in [2.05, 4.69) is 0 Å². The third-order valence-electron chi connectivity index (χ3n) is 1.95. The lowest BCUT2D eigenvalue weighted by atomic mass is 10.1. The molecule has 16 heavy (non-hydrogen) atoms. The van der Waals surface area contributed by atoms with Crippen LogP contribution in [0.5, 0.6) is 0 Å². The van der Waals surface area contributed by atoms with Crippen molar-refractivity contribution in [1.82, 2.24) is 0 Å². The van der Waals surface area contributed by atoms with E-state index in [-0.39, 0.29) is 17.1 Å². The molecule has 0 aromatic heterocycles. The van der Waals surface area contributed by atoms with Gasteiger partial charge < -0.3 is 14.3 Å². The topological polar surface area (TPSA) is 35.5 Å². The fraction of sp³-hybridized carbons (Fsp3) is 0.923. The molecule has 0 amide bonds. The molecule has 0 spiro atoms. The van der Waals surface area contributed by atoms with Gasteiger partial charge >= 0.3 is 0 Å². The highest BCUT2D eigenvalue weighted by Gasteiger charge is 2.16. The van der Waals surface area contributed by atoms with Crippen LogP contribution in [0, 0.1) is 5.92 Å². The van der Waals surface area contributed by atoms with Gasteiger partial charge in [0.05, 0.1) is 17.8 Å². The average Bonchev–Trinajstić information content (AvgIpc) is 2.07. The Bertz CT molecular complexity index is 198. The highest BCUT2D eigenvalue weighted by molar-refractivity contribution is 5.53. The zero-order valence-electron chi connectivity index (χ0n) is 11.5. The van der Waals surface area contributed by atoms with Gasteiger partial charge in [0.1, 0.15) is 6.29 Å². The molecular weight excluding hydrogens is 204 g/mol. The van der Waals surface area contributed by atoms with Crippen molar-refractivity contribution in [2.24, 2.45) is 5.92 Å². The number of ether oxygens (including phenoxy) is 2. The monoisotopic (exact) mass is 230 g/mol. The number of carbonyl (C=O) groups excluding carboxylic acids is 1. The first-order valence-corrected chi connectivity index (χ1v) is 5.87. The Balaban J connectivity index is 3.81. The normalized spacial score (nSPS) is 14.9. The maximum atomic E-state index is 10.8. The zero-order valence-corrected chi connectivity index (χ0v) is 11.5. The molecule has 0 radical (unpaired) electrons. The van der Waals surface area contributed by atoms with Crippen LogP contribution in [0.4, 0.5) is 0 Å². The number of aldehydes is 1. The summed E-state index contributed by atoms with van der Waals surface area (Å²) < 4.78 is 11.2. The van der Waals surface area contributed by atoms with Crippen LogP contribution >= 0.6 is 0 Å². The van der Waals surface area contributed by atoms with E-state index in [1.54, 1.807) is 0 Å². The second-order valence-electron chi connectivity index (χ2n) is 6.07. The van der Waals surface area contributed by atoms with E-state index in [4.69, 9.17) is 9.47 Å². The van der Waals surface area contributed by atoms with Gasteiger partial charge in [-0.2, -0.15) is 0 Å². The third-order valence-corrected chi connectivity index (χ3v) is 1.95. The summed E-state index contributed by atoms with van der Waals surface area (Å²) >= 11 is 0. The molecule has 96 valence electrons. The van der Waals surface area contributed by atoms with Gasteiger partial charge in [-0.3, -0.25) is 0 Å². The summed E-state index contributed by atoms with van der Waals surface area (Å²) in [4.78, 5) is 10.8. The van der Waals surface area contributed by atoms with Crippen LogP contribution in [-0.4, -0.2) is 30.7 Å². The van der Waals surface area contributed by atoms with E-state index in [0.717, 1.165) is 12.7 Å². The number of rotatable bonds is 6. The molecule has 0 bridgehead atoms. The minimum atomic E-state index is -0.188. The smallest absolute Gasteiger partial charge is 0.125 e. The van der Waals surface area contributed by atoms with Crippen LogP contribution in [-0.2, 0) is 14.3 Å². The molecule has 0 rings (SSSR count). The Morgan fingerprint density at radius 3 is 1.88 bits per heavy atom. The Labute approximate surface area is 99.5 Å². The summed E-state index contributed by atoms with van der Waals surface area (Å²) in [5.74, 6) is -0.0680. The predicted octanol–water partition coefficient (Wildman–Crippen LogP) is 2.82. The van der Waals surface area contributed by atoms with Crippen molar-refractivity contribution in [2.45, 2.75) is 59.2 Å². The number of hydrogen-bond donors (Lipinski definition) is 0. The van der Waals surface area contributed by atoms with E-state index < -0.39 is 0 Å². The maximum absolute atomic E-state index is 10.8. The summed E-state index contributed by atoms with van der Waals surface area (Å²) in [6.07, 6.45) is 1.68. The second-order valence-corrected chi connectivity index (χ2v) is 6.07. The molecular formula is C13H26O3. The van der Waals surface area contributed by atoms with Crippen LogP contribution < -0.4 is 0 Å². The molecule has 0 heterocycles. The SMILES string of the molecule is CC(C)(C)OCCC(C=O)COC(C)(C)C. The van der Waals surface area contributed by atoms with E-state index >= 15 is 0 Å². The molecule has 0 aliphatic heterocycles. The molecule has 0 aliphatic carbocycles. The van der Waals surface area contributed by atoms with Gasteiger partial charge in [0.25, 0.3) is 0 Å². The summed E-state index contributed by atoms with van der Waals surface area (Å²) in [5, 5.41) is 0. The Morgan fingerprint density at radius 1 is 1.00 bits per heavy atom. The van der Waals surface area contributed by atoms with Gasteiger partial charge in [0.15, 0.2) is 0 Å². The van der Waals surface area contributed by atoms with E-state index in [9.17, 15) is 4.79 Å². The average molecular weight is 230 g/mol. The van der Waals surface area contributed by atoms with Crippen molar-refractivity contribution in [3.8, 4) is 0 Å². The molecule has 3 heteroatoms.